The molecule has 1 heterocycles. The number of piperidine rings is 1. The number of carbonyl (C=O) groups is 1. The van der Waals surface area contributed by atoms with Crippen LogP contribution < -0.4 is 5.32 Å². The Balaban J connectivity index is 2.05. The monoisotopic (exact) mass is 282 g/mol. The minimum Gasteiger partial charge on any atom is -0.338 e. The van der Waals surface area contributed by atoms with Crippen LogP contribution >= 0.6 is 0 Å². The van der Waals surface area contributed by atoms with Crippen LogP contribution in [-0.4, -0.2) is 37.0 Å². The van der Waals surface area contributed by atoms with Crippen LogP contribution in [0.1, 0.15) is 24.8 Å². The maximum Gasteiger partial charge on any atom is 0.227 e. The zero-order valence-electron chi connectivity index (χ0n) is 11.7. The number of benzene rings is 1. The van der Waals surface area contributed by atoms with Gasteiger partial charge in [-0.1, -0.05) is 6.07 Å². The van der Waals surface area contributed by atoms with Crippen molar-refractivity contribution in [3.8, 4) is 0 Å². The molecule has 0 aromatic heterocycles. The van der Waals surface area contributed by atoms with Gasteiger partial charge in [0.25, 0.3) is 0 Å². The summed E-state index contributed by atoms with van der Waals surface area (Å²) in [5, 5.41) is 3.09. The number of nitrogens with zero attached hydrogens (tertiary/aromatic N) is 1. The second kappa shape index (κ2) is 6.79. The van der Waals surface area contributed by atoms with Crippen molar-refractivity contribution in [2.24, 2.45) is 0 Å². The molecule has 1 aliphatic heterocycles. The van der Waals surface area contributed by atoms with E-state index in [9.17, 15) is 13.6 Å². The molecule has 1 unspecified atom stereocenters. The Morgan fingerprint density at radius 1 is 1.40 bits per heavy atom. The van der Waals surface area contributed by atoms with Gasteiger partial charge in [-0.2, -0.15) is 0 Å². The second-order valence-corrected chi connectivity index (χ2v) is 5.21. The standard InChI is InChI=1S/C15H20F2N2O/c1-18-10-13-4-2-3-7-19(13)15(20)8-11-5-6-12(16)9-14(11)17/h5-6,9,13,18H,2-4,7-8,10H2,1H3. The van der Waals surface area contributed by atoms with E-state index in [1.54, 1.807) is 0 Å². The summed E-state index contributed by atoms with van der Waals surface area (Å²) < 4.78 is 26.5. The lowest BCUT2D eigenvalue weighted by Crippen LogP contribution is -2.48. The third kappa shape index (κ3) is 3.54. The molecule has 0 saturated carbocycles. The summed E-state index contributed by atoms with van der Waals surface area (Å²) in [7, 11) is 1.86. The zero-order chi connectivity index (χ0) is 14.5. The van der Waals surface area contributed by atoms with E-state index in [1.165, 1.54) is 12.1 Å². The van der Waals surface area contributed by atoms with E-state index in [-0.39, 0.29) is 23.9 Å². The summed E-state index contributed by atoms with van der Waals surface area (Å²) in [6, 6.07) is 3.53. The average Bonchev–Trinajstić information content (AvgIpc) is 2.43. The molecule has 1 saturated heterocycles. The highest BCUT2D eigenvalue weighted by Gasteiger charge is 2.26. The molecule has 0 spiro atoms. The number of hydrogen-bond acceptors (Lipinski definition) is 2. The Bertz CT molecular complexity index is 477. The fraction of sp³-hybridized carbons (Fsp3) is 0.533. The first-order valence-corrected chi connectivity index (χ1v) is 7.00. The van der Waals surface area contributed by atoms with Crippen molar-refractivity contribution in [2.75, 3.05) is 20.1 Å². The molecule has 2 rings (SSSR count). The Morgan fingerprint density at radius 3 is 2.90 bits per heavy atom. The highest BCUT2D eigenvalue weighted by atomic mass is 19.1. The smallest absolute Gasteiger partial charge is 0.227 e. The van der Waals surface area contributed by atoms with Crippen LogP contribution in [0, 0.1) is 11.6 Å². The number of nitrogens with one attached hydrogen (secondary N) is 1. The van der Waals surface area contributed by atoms with Crippen LogP contribution in [0.3, 0.4) is 0 Å². The van der Waals surface area contributed by atoms with E-state index >= 15 is 0 Å². The third-order valence-corrected chi connectivity index (χ3v) is 3.74. The van der Waals surface area contributed by atoms with Crippen LogP contribution in [-0.2, 0) is 11.2 Å². The lowest BCUT2D eigenvalue weighted by molar-refractivity contribution is -0.134. The molecule has 1 atom stereocenters. The summed E-state index contributed by atoms with van der Waals surface area (Å²) >= 11 is 0. The molecule has 0 aliphatic carbocycles. The average molecular weight is 282 g/mol. The van der Waals surface area contributed by atoms with E-state index in [2.05, 4.69) is 5.32 Å². The molecule has 1 N–H and O–H groups in total. The molecule has 0 radical (unpaired) electrons. The maximum atomic E-state index is 13.6. The van der Waals surface area contributed by atoms with Gasteiger partial charge >= 0.3 is 0 Å². The number of halogens is 2. The van der Waals surface area contributed by atoms with Crippen molar-refractivity contribution in [3.63, 3.8) is 0 Å². The molecule has 1 aromatic carbocycles. The summed E-state index contributed by atoms with van der Waals surface area (Å²) in [5.74, 6) is -1.36. The van der Waals surface area contributed by atoms with E-state index < -0.39 is 11.6 Å². The van der Waals surface area contributed by atoms with E-state index in [4.69, 9.17) is 0 Å². The number of hydrogen-bond donors (Lipinski definition) is 1. The predicted molar refractivity (Wildman–Crippen MR) is 73.3 cm³/mol. The van der Waals surface area contributed by atoms with Crippen molar-refractivity contribution in [1.82, 2.24) is 10.2 Å². The van der Waals surface area contributed by atoms with Crippen molar-refractivity contribution in [3.05, 3.63) is 35.4 Å². The van der Waals surface area contributed by atoms with Crippen molar-refractivity contribution < 1.29 is 13.6 Å². The number of carbonyl (C=O) groups excluding carboxylic acids is 1. The van der Waals surface area contributed by atoms with Gasteiger partial charge in [0.1, 0.15) is 11.6 Å². The fourth-order valence-corrected chi connectivity index (χ4v) is 2.71. The van der Waals surface area contributed by atoms with Gasteiger partial charge in [-0.05, 0) is 37.9 Å². The van der Waals surface area contributed by atoms with Gasteiger partial charge in [-0.3, -0.25) is 4.79 Å². The minimum atomic E-state index is -0.652. The molecule has 20 heavy (non-hydrogen) atoms. The zero-order valence-corrected chi connectivity index (χ0v) is 11.7. The Kier molecular flexibility index (Phi) is 5.06. The topological polar surface area (TPSA) is 32.3 Å². The number of rotatable bonds is 4. The first kappa shape index (κ1) is 14.9. The minimum absolute atomic E-state index is 0.00761. The summed E-state index contributed by atoms with van der Waals surface area (Å²) in [6.45, 7) is 1.46. The summed E-state index contributed by atoms with van der Waals surface area (Å²) in [4.78, 5) is 14.1. The quantitative estimate of drug-likeness (QED) is 0.917. The fourth-order valence-electron chi connectivity index (χ4n) is 2.71. The van der Waals surface area contributed by atoms with Gasteiger partial charge in [0.05, 0.1) is 6.42 Å². The van der Waals surface area contributed by atoms with Crippen molar-refractivity contribution in [1.29, 1.82) is 0 Å². The van der Waals surface area contributed by atoms with Gasteiger partial charge < -0.3 is 10.2 Å². The van der Waals surface area contributed by atoms with Gasteiger partial charge in [0.2, 0.25) is 5.91 Å². The first-order chi connectivity index (χ1) is 9.61. The Morgan fingerprint density at radius 2 is 2.20 bits per heavy atom. The SMILES string of the molecule is CNCC1CCCCN1C(=O)Cc1ccc(F)cc1F. The molecule has 0 bridgehead atoms. The van der Waals surface area contributed by atoms with Gasteiger partial charge in [-0.25, -0.2) is 8.78 Å². The van der Waals surface area contributed by atoms with Crippen molar-refractivity contribution >= 4 is 5.91 Å². The molecule has 5 heteroatoms. The molecule has 1 aromatic rings. The lowest BCUT2D eigenvalue weighted by Gasteiger charge is -2.36. The Labute approximate surface area is 118 Å². The van der Waals surface area contributed by atoms with Gasteiger partial charge in [0, 0.05) is 25.2 Å². The summed E-state index contributed by atoms with van der Waals surface area (Å²) in [6.07, 6.45) is 3.06. The molecular weight excluding hydrogens is 262 g/mol. The van der Waals surface area contributed by atoms with Crippen LogP contribution in [0.5, 0.6) is 0 Å². The molecule has 110 valence electrons. The molecule has 1 aliphatic rings. The Hall–Kier alpha value is -1.49. The predicted octanol–water partition coefficient (Wildman–Crippen LogP) is 2.11. The molecule has 1 fully saturated rings. The van der Waals surface area contributed by atoms with E-state index in [0.29, 0.717) is 6.54 Å². The number of likely N-dealkylation sites (N-methyl/N-ethyl adjacent to an activating group) is 1. The van der Waals surface area contributed by atoms with Crippen LogP contribution in [0.15, 0.2) is 18.2 Å². The maximum absolute atomic E-state index is 13.6. The van der Waals surface area contributed by atoms with Crippen LogP contribution in [0.25, 0.3) is 0 Å². The largest absolute Gasteiger partial charge is 0.338 e. The lowest BCUT2D eigenvalue weighted by atomic mass is 10.0. The number of likely N-dealkylation sites (tertiary alicyclic amines) is 1. The molecule has 1 amide bonds. The summed E-state index contributed by atoms with van der Waals surface area (Å²) in [5.41, 5.74) is 0.255. The molecule has 3 nitrogen and oxygen atoms in total. The highest BCUT2D eigenvalue weighted by Crippen LogP contribution is 2.19. The third-order valence-electron chi connectivity index (χ3n) is 3.74. The number of amides is 1. The second-order valence-electron chi connectivity index (χ2n) is 5.21. The molecular formula is C15H20F2N2O. The normalized spacial score (nSPS) is 19.1. The van der Waals surface area contributed by atoms with E-state index in [1.807, 2.05) is 11.9 Å². The first-order valence-electron chi connectivity index (χ1n) is 7.00. The highest BCUT2D eigenvalue weighted by molar-refractivity contribution is 5.79. The van der Waals surface area contributed by atoms with E-state index in [0.717, 1.165) is 31.9 Å². The van der Waals surface area contributed by atoms with Crippen LogP contribution in [0.2, 0.25) is 0 Å². The van der Waals surface area contributed by atoms with Gasteiger partial charge in [0.15, 0.2) is 0 Å². The van der Waals surface area contributed by atoms with Crippen molar-refractivity contribution in [2.45, 2.75) is 31.7 Å². The van der Waals surface area contributed by atoms with Gasteiger partial charge in [-0.15, -0.1) is 0 Å². The van der Waals surface area contributed by atoms with Crippen LogP contribution in [0.4, 0.5) is 8.78 Å².